The molecule has 0 radical (unpaired) electrons. The van der Waals surface area contributed by atoms with Crippen LogP contribution < -0.4 is 20.0 Å². The van der Waals surface area contributed by atoms with Crippen LogP contribution in [0.2, 0.25) is 13.1 Å². The smallest absolute Gasteiger partial charge is 0.120 e. The molecule has 0 saturated carbocycles. The topological polar surface area (TPSA) is 12.5 Å². The van der Waals surface area contributed by atoms with Crippen molar-refractivity contribution < 1.29 is 4.74 Å². The quantitative estimate of drug-likeness (QED) is 0.649. The van der Waals surface area contributed by atoms with Crippen LogP contribution in [0.15, 0.2) is 72.8 Å². The average molecular weight is 331 g/mol. The van der Waals surface area contributed by atoms with Crippen molar-refractivity contribution in [3.63, 3.8) is 0 Å². The number of nitrogens with zero attached hydrogens (tertiary/aromatic N) is 1. The van der Waals surface area contributed by atoms with Gasteiger partial charge in [-0.2, -0.15) is 0 Å². The molecule has 24 heavy (non-hydrogen) atoms. The van der Waals surface area contributed by atoms with E-state index in [-0.39, 0.29) is 0 Å². The first-order valence-electron chi connectivity index (χ1n) is 8.26. The highest BCUT2D eigenvalue weighted by atomic mass is 28.3. The minimum atomic E-state index is -1.70. The molecule has 0 fully saturated rings. The van der Waals surface area contributed by atoms with Crippen LogP contribution in [0.1, 0.15) is 0 Å². The summed E-state index contributed by atoms with van der Waals surface area (Å²) >= 11 is 0. The van der Waals surface area contributed by atoms with Gasteiger partial charge in [-0.25, -0.2) is 0 Å². The van der Waals surface area contributed by atoms with Gasteiger partial charge >= 0.3 is 0 Å². The molecule has 0 unspecified atom stereocenters. The van der Waals surface area contributed by atoms with Gasteiger partial charge in [0.25, 0.3) is 0 Å². The van der Waals surface area contributed by atoms with E-state index >= 15 is 0 Å². The van der Waals surface area contributed by atoms with E-state index in [1.54, 1.807) is 7.11 Å². The summed E-state index contributed by atoms with van der Waals surface area (Å²) < 4.78 is 5.44. The molecule has 0 aromatic heterocycles. The molecule has 1 aliphatic heterocycles. The molecule has 3 aromatic rings. The Morgan fingerprint density at radius 3 is 1.92 bits per heavy atom. The van der Waals surface area contributed by atoms with E-state index in [4.69, 9.17) is 4.74 Å². The highest BCUT2D eigenvalue weighted by Gasteiger charge is 2.38. The van der Waals surface area contributed by atoms with Gasteiger partial charge in [-0.05, 0) is 34.6 Å². The van der Waals surface area contributed by atoms with Gasteiger partial charge in [-0.3, -0.25) is 0 Å². The molecule has 0 aliphatic carbocycles. The first-order valence-corrected chi connectivity index (χ1v) is 11.3. The maximum absolute atomic E-state index is 5.44. The lowest BCUT2D eigenvalue weighted by Crippen LogP contribution is -2.58. The van der Waals surface area contributed by atoms with Crippen LogP contribution in [0.5, 0.6) is 5.75 Å². The number of hydrogen-bond donors (Lipinski definition) is 0. The highest BCUT2D eigenvalue weighted by molar-refractivity contribution is 7.02. The number of methoxy groups -OCH3 is 1. The predicted octanol–water partition coefficient (Wildman–Crippen LogP) is 4.30. The molecule has 0 N–H and O–H groups in total. The van der Waals surface area contributed by atoms with Gasteiger partial charge in [-0.1, -0.05) is 55.6 Å². The zero-order valence-corrected chi connectivity index (χ0v) is 15.3. The zero-order valence-electron chi connectivity index (χ0n) is 14.3. The van der Waals surface area contributed by atoms with Crippen molar-refractivity contribution in [3.8, 4) is 5.75 Å². The van der Waals surface area contributed by atoms with Gasteiger partial charge in [-0.15, -0.1) is 0 Å². The first-order chi connectivity index (χ1) is 11.6. The summed E-state index contributed by atoms with van der Waals surface area (Å²) in [6, 6.07) is 25.9. The summed E-state index contributed by atoms with van der Waals surface area (Å²) in [5.41, 5.74) is 3.72. The van der Waals surface area contributed by atoms with Crippen LogP contribution in [0.25, 0.3) is 0 Å². The number of ether oxygens (including phenoxy) is 1. The van der Waals surface area contributed by atoms with Gasteiger partial charge in [0.2, 0.25) is 0 Å². The number of rotatable bonds is 2. The maximum atomic E-state index is 5.44. The normalized spacial score (nSPS) is 14.7. The number of hydrogen-bond acceptors (Lipinski definition) is 2. The molecule has 2 nitrogen and oxygen atoms in total. The molecule has 120 valence electrons. The van der Waals surface area contributed by atoms with Crippen molar-refractivity contribution >= 4 is 35.5 Å². The van der Waals surface area contributed by atoms with E-state index in [0.717, 1.165) is 11.4 Å². The molecule has 3 heteroatoms. The summed E-state index contributed by atoms with van der Waals surface area (Å²) in [4.78, 5) is 2.37. The van der Waals surface area contributed by atoms with Crippen molar-refractivity contribution in [2.75, 3.05) is 12.0 Å². The van der Waals surface area contributed by atoms with Gasteiger partial charge in [0.15, 0.2) is 0 Å². The monoisotopic (exact) mass is 331 g/mol. The van der Waals surface area contributed by atoms with E-state index in [2.05, 4.69) is 84.7 Å². The molecule has 1 heterocycles. The predicted molar refractivity (Wildman–Crippen MR) is 104 cm³/mol. The second-order valence-corrected chi connectivity index (χ2v) is 11.0. The molecule has 0 saturated heterocycles. The fourth-order valence-electron chi connectivity index (χ4n) is 3.70. The Morgan fingerprint density at radius 1 is 0.750 bits per heavy atom. The molecule has 0 atom stereocenters. The third kappa shape index (κ3) is 2.16. The van der Waals surface area contributed by atoms with E-state index in [1.165, 1.54) is 21.7 Å². The van der Waals surface area contributed by atoms with Gasteiger partial charge in [0.05, 0.1) is 7.11 Å². The second kappa shape index (κ2) is 5.53. The van der Waals surface area contributed by atoms with Crippen molar-refractivity contribution in [1.29, 1.82) is 0 Å². The van der Waals surface area contributed by atoms with E-state index in [9.17, 15) is 0 Å². The van der Waals surface area contributed by atoms with Crippen molar-refractivity contribution in [2.45, 2.75) is 13.1 Å². The van der Waals surface area contributed by atoms with Gasteiger partial charge < -0.3 is 9.64 Å². The Labute approximate surface area is 144 Å². The Morgan fingerprint density at radius 2 is 1.33 bits per heavy atom. The summed E-state index contributed by atoms with van der Waals surface area (Å²) in [5, 5.41) is 2.96. The molecule has 0 spiro atoms. The summed E-state index contributed by atoms with van der Waals surface area (Å²) in [7, 11) is 0.0142. The summed E-state index contributed by atoms with van der Waals surface area (Å²) in [6.45, 7) is 4.88. The van der Waals surface area contributed by atoms with Gasteiger partial charge in [0.1, 0.15) is 13.8 Å². The van der Waals surface area contributed by atoms with Crippen LogP contribution in [0.4, 0.5) is 17.1 Å². The Hall–Kier alpha value is -2.52. The third-order valence-corrected chi connectivity index (χ3v) is 8.49. The molecule has 4 rings (SSSR count). The fourth-order valence-corrected chi connectivity index (χ4v) is 6.68. The van der Waals surface area contributed by atoms with Crippen molar-refractivity contribution in [3.05, 3.63) is 72.8 Å². The number of para-hydroxylation sites is 2. The van der Waals surface area contributed by atoms with Crippen molar-refractivity contribution in [1.82, 2.24) is 0 Å². The van der Waals surface area contributed by atoms with E-state index < -0.39 is 8.07 Å². The lowest BCUT2D eigenvalue weighted by Gasteiger charge is -2.41. The number of fused-ring (bicyclic) bond motifs is 2. The molecular formula is C21H21NOSi. The fraction of sp³-hybridized carbons (Fsp3) is 0.143. The molecular weight excluding hydrogens is 310 g/mol. The summed E-state index contributed by atoms with van der Waals surface area (Å²) in [6.07, 6.45) is 0. The number of benzene rings is 3. The Balaban J connectivity index is 2.01. The van der Waals surface area contributed by atoms with Crippen molar-refractivity contribution in [2.24, 2.45) is 0 Å². The lowest BCUT2D eigenvalue weighted by atomic mass is 10.1. The van der Waals surface area contributed by atoms with Gasteiger partial charge in [0, 0.05) is 23.1 Å². The largest absolute Gasteiger partial charge is 0.497 e. The van der Waals surface area contributed by atoms with E-state index in [0.29, 0.717) is 0 Å². The van der Waals surface area contributed by atoms with Crippen LogP contribution in [0.3, 0.4) is 0 Å². The third-order valence-electron chi connectivity index (χ3n) is 4.95. The highest BCUT2D eigenvalue weighted by Crippen LogP contribution is 2.38. The average Bonchev–Trinajstić information content (AvgIpc) is 2.62. The Kier molecular flexibility index (Phi) is 3.46. The minimum Gasteiger partial charge on any atom is -0.497 e. The minimum absolute atomic E-state index is 0.879. The second-order valence-electron chi connectivity index (χ2n) is 6.70. The number of anilines is 3. The van der Waals surface area contributed by atoms with Crippen LogP contribution in [0, 0.1) is 0 Å². The first kappa shape index (κ1) is 15.0. The summed E-state index contributed by atoms with van der Waals surface area (Å²) in [5.74, 6) is 0.879. The standard InChI is InChI=1S/C21H21NOSi/c1-23-17-10-8-9-16(15-17)22-18-11-4-6-13-20(18)24(2,3)21-14-7-5-12-19(21)22/h4-15H,1-3H3. The van der Waals surface area contributed by atoms with E-state index in [1.807, 2.05) is 6.07 Å². The molecule has 0 amide bonds. The lowest BCUT2D eigenvalue weighted by molar-refractivity contribution is 0.415. The SMILES string of the molecule is COc1cccc(N2c3ccccc3[Si](C)(C)c3ccccc32)c1. The zero-order chi connectivity index (χ0) is 16.7. The molecule has 0 bridgehead atoms. The molecule has 3 aromatic carbocycles. The maximum Gasteiger partial charge on any atom is 0.120 e. The van der Waals surface area contributed by atoms with Crippen LogP contribution in [-0.2, 0) is 0 Å². The van der Waals surface area contributed by atoms with Crippen LogP contribution >= 0.6 is 0 Å². The Bertz CT molecular complexity index is 854. The van der Waals surface area contributed by atoms with Crippen LogP contribution in [-0.4, -0.2) is 15.2 Å². The molecule has 1 aliphatic rings.